The van der Waals surface area contributed by atoms with Crippen molar-refractivity contribution in [2.24, 2.45) is 0 Å². The van der Waals surface area contributed by atoms with Crippen LogP contribution in [0.3, 0.4) is 0 Å². The molecule has 0 aliphatic carbocycles. The fraction of sp³-hybridized carbons (Fsp3) is 0. The van der Waals surface area contributed by atoms with Crippen LogP contribution < -0.4 is 0 Å². The van der Waals surface area contributed by atoms with Crippen molar-refractivity contribution >= 4 is 75.5 Å². The summed E-state index contributed by atoms with van der Waals surface area (Å²) in [6.45, 7) is 0. The normalized spacial score (nSPS) is 12.0. The lowest BCUT2D eigenvalue weighted by Gasteiger charge is -2.09. The molecule has 0 fully saturated rings. The van der Waals surface area contributed by atoms with E-state index in [1.807, 2.05) is 36.4 Å². The molecule has 0 N–H and O–H groups in total. The molecule has 6 aromatic carbocycles. The number of rotatable bonds is 3. The van der Waals surface area contributed by atoms with Crippen molar-refractivity contribution < 1.29 is 8.83 Å². The second-order valence-electron chi connectivity index (χ2n) is 11.3. The molecule has 4 aromatic heterocycles. The molecule has 0 aliphatic rings. The molecule has 0 spiro atoms. The Morgan fingerprint density at radius 2 is 1.11 bits per heavy atom. The van der Waals surface area contributed by atoms with Gasteiger partial charge in [-0.2, -0.15) is 0 Å². The maximum absolute atomic E-state index is 6.26. The van der Waals surface area contributed by atoms with Gasteiger partial charge in [0.25, 0.3) is 0 Å². The van der Waals surface area contributed by atoms with E-state index < -0.39 is 0 Å². The van der Waals surface area contributed by atoms with Crippen molar-refractivity contribution in [2.45, 2.75) is 0 Å². The number of fused-ring (bicyclic) bond motifs is 9. The van der Waals surface area contributed by atoms with Crippen LogP contribution in [-0.2, 0) is 0 Å². The zero-order valence-corrected chi connectivity index (χ0v) is 24.6. The van der Waals surface area contributed by atoms with Crippen molar-refractivity contribution in [2.75, 3.05) is 0 Å². The maximum atomic E-state index is 6.26. The average Bonchev–Trinajstić information content (AvgIpc) is 3.78. The van der Waals surface area contributed by atoms with Gasteiger partial charge in [-0.15, -0.1) is 11.3 Å². The van der Waals surface area contributed by atoms with E-state index in [1.165, 1.54) is 4.70 Å². The smallest absolute Gasteiger partial charge is 0.160 e. The SMILES string of the molecule is c1ccc2c(c1)oc1cc(-c3nc(-c4ccc(-c5cccc6oc7ccccc7c56)cc4)nc4c3sc3ccccc34)ccc12. The molecule has 0 amide bonds. The molecule has 0 atom stereocenters. The Labute approximate surface area is 260 Å². The van der Waals surface area contributed by atoms with Crippen molar-refractivity contribution in [1.29, 1.82) is 0 Å². The number of furan rings is 2. The first-order valence-electron chi connectivity index (χ1n) is 14.9. The van der Waals surface area contributed by atoms with Crippen LogP contribution in [0.1, 0.15) is 0 Å². The number of thiophene rings is 1. The highest BCUT2D eigenvalue weighted by molar-refractivity contribution is 7.26. The quantitative estimate of drug-likeness (QED) is 0.204. The summed E-state index contributed by atoms with van der Waals surface area (Å²) in [5.74, 6) is 0.698. The molecule has 0 radical (unpaired) electrons. The molecule has 45 heavy (non-hydrogen) atoms. The van der Waals surface area contributed by atoms with Gasteiger partial charge in [0.2, 0.25) is 0 Å². The van der Waals surface area contributed by atoms with Crippen LogP contribution in [0.4, 0.5) is 0 Å². The molecular formula is C40H22N2O2S. The minimum absolute atomic E-state index is 0.698. The van der Waals surface area contributed by atoms with Gasteiger partial charge in [0.05, 0.1) is 15.9 Å². The van der Waals surface area contributed by atoms with Crippen LogP contribution >= 0.6 is 11.3 Å². The fourth-order valence-electron chi connectivity index (χ4n) is 6.60. The zero-order chi connectivity index (χ0) is 29.5. The predicted octanol–water partition coefficient (Wildman–Crippen LogP) is 11.6. The fourth-order valence-corrected chi connectivity index (χ4v) is 7.76. The predicted molar refractivity (Wildman–Crippen MR) is 186 cm³/mol. The van der Waals surface area contributed by atoms with Crippen molar-refractivity contribution in [3.05, 3.63) is 133 Å². The third-order valence-electron chi connectivity index (χ3n) is 8.73. The summed E-state index contributed by atoms with van der Waals surface area (Å²) < 4.78 is 14.7. The molecule has 10 rings (SSSR count). The molecule has 0 unspecified atom stereocenters. The van der Waals surface area contributed by atoms with E-state index in [0.717, 1.165) is 87.4 Å². The molecule has 210 valence electrons. The van der Waals surface area contributed by atoms with Gasteiger partial charge >= 0.3 is 0 Å². The molecule has 10 aromatic rings. The van der Waals surface area contributed by atoms with Gasteiger partial charge in [0, 0.05) is 42.8 Å². The largest absolute Gasteiger partial charge is 0.456 e. The van der Waals surface area contributed by atoms with Gasteiger partial charge in [-0.05, 0) is 47.5 Å². The standard InChI is InChI=1S/C40H22N2O2S/c1-4-12-31-27(8-1)28-21-20-25(22-34(28)44-31)37-39-38(30-10-3-6-15-35(30)45-39)42-40(41-37)24-18-16-23(17-19-24)26-11-7-14-33-36(26)29-9-2-5-13-32(29)43-33/h1-22H. The van der Waals surface area contributed by atoms with Gasteiger partial charge in [-0.25, -0.2) is 9.97 Å². The Hall–Kier alpha value is -5.78. The molecule has 4 nitrogen and oxygen atoms in total. The number of benzene rings is 6. The Kier molecular flexibility index (Phi) is 5.12. The summed E-state index contributed by atoms with van der Waals surface area (Å²) >= 11 is 1.74. The van der Waals surface area contributed by atoms with E-state index in [2.05, 4.69) is 97.1 Å². The monoisotopic (exact) mass is 594 g/mol. The summed E-state index contributed by atoms with van der Waals surface area (Å²) in [7, 11) is 0. The second kappa shape index (κ2) is 9.36. The Morgan fingerprint density at radius 1 is 0.467 bits per heavy atom. The van der Waals surface area contributed by atoms with E-state index in [1.54, 1.807) is 11.3 Å². The molecule has 0 bridgehead atoms. The zero-order valence-electron chi connectivity index (χ0n) is 23.8. The second-order valence-corrected chi connectivity index (χ2v) is 12.4. The minimum Gasteiger partial charge on any atom is -0.456 e. The number of para-hydroxylation sites is 2. The number of hydrogen-bond donors (Lipinski definition) is 0. The molecule has 0 saturated carbocycles. The number of hydrogen-bond acceptors (Lipinski definition) is 5. The van der Waals surface area contributed by atoms with E-state index in [9.17, 15) is 0 Å². The van der Waals surface area contributed by atoms with E-state index in [-0.39, 0.29) is 0 Å². The first kappa shape index (κ1) is 24.6. The van der Waals surface area contributed by atoms with Gasteiger partial charge in [0.15, 0.2) is 5.82 Å². The third-order valence-corrected chi connectivity index (χ3v) is 9.90. The summed E-state index contributed by atoms with van der Waals surface area (Å²) in [5.41, 5.74) is 9.65. The van der Waals surface area contributed by atoms with E-state index >= 15 is 0 Å². The molecule has 0 aliphatic heterocycles. The van der Waals surface area contributed by atoms with Crippen molar-refractivity contribution in [1.82, 2.24) is 9.97 Å². The summed E-state index contributed by atoms with van der Waals surface area (Å²) in [4.78, 5) is 10.4. The Morgan fingerprint density at radius 3 is 1.98 bits per heavy atom. The van der Waals surface area contributed by atoms with Gasteiger partial charge in [-0.3, -0.25) is 0 Å². The number of nitrogens with zero attached hydrogens (tertiary/aromatic N) is 2. The summed E-state index contributed by atoms with van der Waals surface area (Å²) in [5, 5.41) is 5.62. The maximum Gasteiger partial charge on any atom is 0.160 e. The number of aromatic nitrogens is 2. The molecule has 4 heterocycles. The van der Waals surface area contributed by atoms with Crippen LogP contribution in [0.15, 0.2) is 142 Å². The Balaban J connectivity index is 1.15. The lowest BCUT2D eigenvalue weighted by Crippen LogP contribution is -1.93. The van der Waals surface area contributed by atoms with Crippen LogP contribution in [0.5, 0.6) is 0 Å². The molecular weight excluding hydrogens is 573 g/mol. The lowest BCUT2D eigenvalue weighted by atomic mass is 9.98. The van der Waals surface area contributed by atoms with E-state index in [0.29, 0.717) is 5.82 Å². The lowest BCUT2D eigenvalue weighted by molar-refractivity contribution is 0.668. The van der Waals surface area contributed by atoms with Gasteiger partial charge in [-0.1, -0.05) is 97.1 Å². The highest BCUT2D eigenvalue weighted by atomic mass is 32.1. The van der Waals surface area contributed by atoms with Crippen molar-refractivity contribution in [3.63, 3.8) is 0 Å². The first-order chi connectivity index (χ1) is 22.3. The highest BCUT2D eigenvalue weighted by Crippen LogP contribution is 2.41. The van der Waals surface area contributed by atoms with Crippen LogP contribution in [0.25, 0.3) is 98.0 Å². The summed E-state index contributed by atoms with van der Waals surface area (Å²) in [6.07, 6.45) is 0. The minimum atomic E-state index is 0.698. The topological polar surface area (TPSA) is 52.1 Å². The highest BCUT2D eigenvalue weighted by Gasteiger charge is 2.18. The van der Waals surface area contributed by atoms with E-state index in [4.69, 9.17) is 18.8 Å². The first-order valence-corrected chi connectivity index (χ1v) is 15.7. The van der Waals surface area contributed by atoms with Crippen LogP contribution in [-0.4, -0.2) is 9.97 Å². The Bertz CT molecular complexity index is 2770. The third kappa shape index (κ3) is 3.71. The van der Waals surface area contributed by atoms with Crippen LogP contribution in [0.2, 0.25) is 0 Å². The van der Waals surface area contributed by atoms with Gasteiger partial charge < -0.3 is 8.83 Å². The van der Waals surface area contributed by atoms with Gasteiger partial charge in [0.1, 0.15) is 22.3 Å². The van der Waals surface area contributed by atoms with Crippen molar-refractivity contribution in [3.8, 4) is 33.8 Å². The average molecular weight is 595 g/mol. The van der Waals surface area contributed by atoms with Crippen LogP contribution in [0, 0.1) is 0 Å². The molecule has 5 heteroatoms. The summed E-state index contributed by atoms with van der Waals surface area (Å²) in [6, 6.07) is 46.1. The molecule has 0 saturated heterocycles.